The predicted molar refractivity (Wildman–Crippen MR) is 74.8 cm³/mol. The second kappa shape index (κ2) is 5.51. The Morgan fingerprint density at radius 2 is 1.95 bits per heavy atom. The van der Waals surface area contributed by atoms with Gasteiger partial charge in [-0.15, -0.1) is 0 Å². The van der Waals surface area contributed by atoms with Gasteiger partial charge in [0.1, 0.15) is 5.75 Å². The molecule has 0 aromatic heterocycles. The van der Waals surface area contributed by atoms with Gasteiger partial charge in [0, 0.05) is 22.8 Å². The van der Waals surface area contributed by atoms with E-state index in [9.17, 15) is 16.8 Å². The van der Waals surface area contributed by atoms with E-state index in [1.807, 2.05) is 0 Å². The molecule has 0 unspecified atom stereocenters. The molecular weight excluding hydrogens is 326 g/mol. The zero-order valence-electron chi connectivity index (χ0n) is 10.7. The third-order valence-electron chi connectivity index (χ3n) is 2.96. The number of benzene rings is 1. The topological polar surface area (TPSA) is 89.5 Å². The maximum atomic E-state index is 11.8. The molecule has 0 saturated heterocycles. The van der Waals surface area contributed by atoms with E-state index >= 15 is 0 Å². The molecule has 6 nitrogen and oxygen atoms in total. The van der Waals surface area contributed by atoms with Gasteiger partial charge in [-0.1, -0.05) is 0 Å². The molecule has 20 heavy (non-hydrogen) atoms. The predicted octanol–water partition coefficient (Wildman–Crippen LogP) is 1.20. The minimum atomic E-state index is -3.87. The van der Waals surface area contributed by atoms with Crippen molar-refractivity contribution >= 4 is 29.8 Å². The Kier molecular flexibility index (Phi) is 4.29. The van der Waals surface area contributed by atoms with Crippen LogP contribution in [0.25, 0.3) is 0 Å². The lowest BCUT2D eigenvalue weighted by atomic mass is 10.2. The van der Waals surface area contributed by atoms with Gasteiger partial charge in [0.2, 0.25) is 10.0 Å². The maximum absolute atomic E-state index is 11.8. The van der Waals surface area contributed by atoms with Gasteiger partial charge in [0.05, 0.1) is 17.3 Å². The highest BCUT2D eigenvalue weighted by atomic mass is 35.7. The normalized spacial score (nSPS) is 16.1. The Morgan fingerprint density at radius 3 is 2.45 bits per heavy atom. The molecule has 0 radical (unpaired) electrons. The van der Waals surface area contributed by atoms with Crippen molar-refractivity contribution in [3.63, 3.8) is 0 Å². The molecule has 1 aliphatic rings. The van der Waals surface area contributed by atoms with E-state index in [4.69, 9.17) is 15.4 Å². The van der Waals surface area contributed by atoms with Crippen molar-refractivity contribution in [3.8, 4) is 5.75 Å². The van der Waals surface area contributed by atoms with E-state index in [0.717, 1.165) is 0 Å². The van der Waals surface area contributed by atoms with Crippen molar-refractivity contribution in [1.29, 1.82) is 0 Å². The van der Waals surface area contributed by atoms with Gasteiger partial charge in [-0.25, -0.2) is 21.6 Å². The average molecular weight is 340 g/mol. The Hall–Kier alpha value is -0.830. The summed E-state index contributed by atoms with van der Waals surface area (Å²) in [4.78, 5) is -0.0967. The van der Waals surface area contributed by atoms with Crippen LogP contribution < -0.4 is 9.46 Å². The van der Waals surface area contributed by atoms with Crippen LogP contribution in [-0.4, -0.2) is 29.2 Å². The molecule has 0 spiro atoms. The van der Waals surface area contributed by atoms with E-state index in [0.29, 0.717) is 24.2 Å². The van der Waals surface area contributed by atoms with E-state index in [-0.39, 0.29) is 16.7 Å². The molecule has 1 aromatic rings. The Bertz CT molecular complexity index is 710. The fourth-order valence-electron chi connectivity index (χ4n) is 1.72. The molecule has 112 valence electrons. The highest BCUT2D eigenvalue weighted by Gasteiger charge is 2.35. The lowest BCUT2D eigenvalue weighted by molar-refractivity contribution is 0.408. The van der Waals surface area contributed by atoms with Gasteiger partial charge >= 0.3 is 0 Å². The third-order valence-corrected chi connectivity index (χ3v) is 6.21. The molecule has 1 fully saturated rings. The van der Waals surface area contributed by atoms with E-state index < -0.39 is 19.1 Å². The summed E-state index contributed by atoms with van der Waals surface area (Å²) in [6, 6.07) is 4.05. The van der Waals surface area contributed by atoms with Crippen LogP contribution in [0.15, 0.2) is 23.1 Å². The quantitative estimate of drug-likeness (QED) is 0.787. The van der Waals surface area contributed by atoms with Crippen LogP contribution in [0.3, 0.4) is 0 Å². The summed E-state index contributed by atoms with van der Waals surface area (Å²) in [6.07, 6.45) is 1.31. The SMILES string of the molecule is COc1ccc(S(=O)(=O)Cl)cc1CNS(=O)(=O)C1CC1. The van der Waals surface area contributed by atoms with Gasteiger partial charge in [0.15, 0.2) is 0 Å². The zero-order valence-corrected chi connectivity index (χ0v) is 13.1. The zero-order chi connectivity index (χ0) is 15.0. The summed E-state index contributed by atoms with van der Waals surface area (Å²) in [5, 5.41) is -0.339. The minimum absolute atomic E-state index is 0.0394. The van der Waals surface area contributed by atoms with Crippen LogP contribution in [0.2, 0.25) is 0 Å². The molecule has 1 aliphatic carbocycles. The van der Waals surface area contributed by atoms with E-state index in [2.05, 4.69) is 4.72 Å². The summed E-state index contributed by atoms with van der Waals surface area (Å²) in [6.45, 7) is -0.0394. The molecule has 1 N–H and O–H groups in total. The number of halogens is 1. The summed E-state index contributed by atoms with van der Waals surface area (Å²) in [7, 11) is -0.526. The largest absolute Gasteiger partial charge is 0.496 e. The van der Waals surface area contributed by atoms with Gasteiger partial charge < -0.3 is 4.74 Å². The number of ether oxygens (including phenoxy) is 1. The number of sulfonamides is 1. The average Bonchev–Trinajstić information content (AvgIpc) is 3.19. The Morgan fingerprint density at radius 1 is 1.30 bits per heavy atom. The molecule has 1 saturated carbocycles. The first-order valence-corrected chi connectivity index (χ1v) is 9.69. The minimum Gasteiger partial charge on any atom is -0.496 e. The highest BCUT2D eigenvalue weighted by Crippen LogP contribution is 2.29. The highest BCUT2D eigenvalue weighted by molar-refractivity contribution is 8.13. The lowest BCUT2D eigenvalue weighted by Gasteiger charge is -2.11. The van der Waals surface area contributed by atoms with Crippen LogP contribution in [0.1, 0.15) is 18.4 Å². The van der Waals surface area contributed by atoms with Crippen LogP contribution in [0, 0.1) is 0 Å². The second-order valence-electron chi connectivity index (χ2n) is 4.48. The van der Waals surface area contributed by atoms with Gasteiger partial charge in [-0.05, 0) is 31.0 Å². The number of hydrogen-bond acceptors (Lipinski definition) is 5. The molecule has 0 bridgehead atoms. The summed E-state index contributed by atoms with van der Waals surface area (Å²) >= 11 is 0. The van der Waals surface area contributed by atoms with Crippen molar-refractivity contribution in [3.05, 3.63) is 23.8 Å². The van der Waals surface area contributed by atoms with Crippen molar-refractivity contribution in [1.82, 2.24) is 4.72 Å². The molecular formula is C11H14ClNO5S2. The summed E-state index contributed by atoms with van der Waals surface area (Å²) in [5.74, 6) is 0.396. The summed E-state index contributed by atoms with van der Waals surface area (Å²) < 4.78 is 53.6. The molecule has 0 heterocycles. The van der Waals surface area contributed by atoms with Crippen molar-refractivity contribution in [2.45, 2.75) is 29.5 Å². The van der Waals surface area contributed by atoms with Crippen LogP contribution in [0.5, 0.6) is 5.75 Å². The standard InChI is InChI=1S/C11H14ClNO5S2/c1-18-11-5-4-10(19(12,14)15)6-8(11)7-13-20(16,17)9-2-3-9/h4-6,9,13H,2-3,7H2,1H3. The van der Waals surface area contributed by atoms with Gasteiger partial charge in [-0.3, -0.25) is 0 Å². The van der Waals surface area contributed by atoms with Crippen LogP contribution in [0.4, 0.5) is 0 Å². The lowest BCUT2D eigenvalue weighted by Crippen LogP contribution is -2.26. The fraction of sp³-hybridized carbons (Fsp3) is 0.455. The molecule has 0 atom stereocenters. The Balaban J connectivity index is 2.25. The molecule has 0 aliphatic heterocycles. The van der Waals surface area contributed by atoms with Crippen LogP contribution >= 0.6 is 10.7 Å². The first-order valence-electron chi connectivity index (χ1n) is 5.84. The second-order valence-corrected chi connectivity index (χ2v) is 9.09. The molecule has 0 amide bonds. The molecule has 1 aromatic carbocycles. The first kappa shape index (κ1) is 15.6. The van der Waals surface area contributed by atoms with Crippen molar-refractivity contribution in [2.24, 2.45) is 0 Å². The first-order chi connectivity index (χ1) is 9.24. The summed E-state index contributed by atoms with van der Waals surface area (Å²) in [5.41, 5.74) is 0.415. The number of rotatable bonds is 6. The number of hydrogen-bond donors (Lipinski definition) is 1. The number of methoxy groups -OCH3 is 1. The molecule has 9 heteroatoms. The van der Waals surface area contributed by atoms with Gasteiger partial charge in [0.25, 0.3) is 9.05 Å². The van der Waals surface area contributed by atoms with Crippen molar-refractivity contribution < 1.29 is 21.6 Å². The number of nitrogens with one attached hydrogen (secondary N) is 1. The maximum Gasteiger partial charge on any atom is 0.261 e. The molecule has 2 rings (SSSR count). The van der Waals surface area contributed by atoms with E-state index in [1.54, 1.807) is 0 Å². The van der Waals surface area contributed by atoms with E-state index in [1.165, 1.54) is 25.3 Å². The third kappa shape index (κ3) is 3.63. The van der Waals surface area contributed by atoms with Crippen molar-refractivity contribution in [2.75, 3.05) is 7.11 Å². The van der Waals surface area contributed by atoms with Crippen LogP contribution in [-0.2, 0) is 25.6 Å². The smallest absolute Gasteiger partial charge is 0.261 e. The monoisotopic (exact) mass is 339 g/mol. The Labute approximate surface area is 122 Å². The fourth-order valence-corrected chi connectivity index (χ4v) is 3.87. The van der Waals surface area contributed by atoms with Gasteiger partial charge in [-0.2, -0.15) is 0 Å².